The third kappa shape index (κ3) is 4.10. The van der Waals surface area contributed by atoms with E-state index in [1.54, 1.807) is 6.08 Å². The molecule has 5 heteroatoms. The lowest BCUT2D eigenvalue weighted by Crippen LogP contribution is -2.47. The lowest BCUT2D eigenvalue weighted by atomic mass is 9.94. The maximum absolute atomic E-state index is 12.4. The van der Waals surface area contributed by atoms with Crippen molar-refractivity contribution in [3.63, 3.8) is 0 Å². The van der Waals surface area contributed by atoms with E-state index in [2.05, 4.69) is 35.3 Å². The number of hydrogen-bond donors (Lipinski definition) is 0. The maximum Gasteiger partial charge on any atom is 0.246 e. The largest absolute Gasteiger partial charge is 0.454 e. The van der Waals surface area contributed by atoms with Crippen molar-refractivity contribution >= 4 is 5.91 Å². The molecule has 2 aliphatic heterocycles. The maximum atomic E-state index is 12.4. The molecule has 1 amide bonds. The summed E-state index contributed by atoms with van der Waals surface area (Å²) in [5.41, 5.74) is 1.22. The second kappa shape index (κ2) is 7.96. The minimum atomic E-state index is 0.155. The highest BCUT2D eigenvalue weighted by molar-refractivity contribution is 5.87. The SMILES string of the molecule is O=C(/C=C/C1CC=CCC1)N1CCN(Cc2ccc3c(c2)OCO3)CC1. The van der Waals surface area contributed by atoms with Crippen LogP contribution in [-0.4, -0.2) is 48.7 Å². The Bertz CT molecular complexity index is 705. The van der Waals surface area contributed by atoms with Gasteiger partial charge in [-0.25, -0.2) is 0 Å². The summed E-state index contributed by atoms with van der Waals surface area (Å²) in [5, 5.41) is 0. The van der Waals surface area contributed by atoms with Gasteiger partial charge in [-0.3, -0.25) is 9.69 Å². The van der Waals surface area contributed by atoms with Crippen molar-refractivity contribution in [1.82, 2.24) is 9.80 Å². The molecular weight excluding hydrogens is 328 g/mol. The van der Waals surface area contributed by atoms with Crippen LogP contribution in [0.25, 0.3) is 0 Å². The zero-order valence-electron chi connectivity index (χ0n) is 15.1. The standard InChI is InChI=1S/C21H26N2O3/c24-21(9-7-17-4-2-1-3-5-17)23-12-10-22(11-13-23)15-18-6-8-19-20(14-18)26-16-25-19/h1-2,6-9,14,17H,3-5,10-13,15-16H2/b9-7+. The summed E-state index contributed by atoms with van der Waals surface area (Å²) in [4.78, 5) is 16.8. The van der Waals surface area contributed by atoms with Crippen LogP contribution in [0.1, 0.15) is 24.8 Å². The fourth-order valence-electron chi connectivity index (χ4n) is 3.74. The number of carbonyl (C=O) groups excluding carboxylic acids is 1. The summed E-state index contributed by atoms with van der Waals surface area (Å²) in [6, 6.07) is 6.12. The lowest BCUT2D eigenvalue weighted by molar-refractivity contribution is -0.127. The summed E-state index contributed by atoms with van der Waals surface area (Å²) < 4.78 is 10.8. The molecule has 4 rings (SSSR count). The highest BCUT2D eigenvalue weighted by atomic mass is 16.7. The Labute approximate surface area is 154 Å². The predicted octanol–water partition coefficient (Wildman–Crippen LogP) is 2.97. The molecule has 0 saturated carbocycles. The average Bonchev–Trinajstić information content (AvgIpc) is 3.15. The van der Waals surface area contributed by atoms with Gasteiger partial charge in [-0.05, 0) is 49.0 Å². The molecule has 0 bridgehead atoms. The third-order valence-electron chi connectivity index (χ3n) is 5.35. The molecule has 1 aromatic carbocycles. The van der Waals surface area contributed by atoms with Crippen LogP contribution < -0.4 is 9.47 Å². The summed E-state index contributed by atoms with van der Waals surface area (Å²) in [5.74, 6) is 2.34. The molecule has 1 unspecified atom stereocenters. The molecule has 1 fully saturated rings. The van der Waals surface area contributed by atoms with Crippen molar-refractivity contribution < 1.29 is 14.3 Å². The number of amides is 1. The molecule has 3 aliphatic rings. The first-order valence-electron chi connectivity index (χ1n) is 9.51. The number of piperazine rings is 1. The van der Waals surface area contributed by atoms with E-state index >= 15 is 0 Å². The van der Waals surface area contributed by atoms with Crippen molar-refractivity contribution in [3.05, 3.63) is 48.1 Å². The van der Waals surface area contributed by atoms with E-state index in [0.717, 1.165) is 63.5 Å². The fourth-order valence-corrected chi connectivity index (χ4v) is 3.74. The summed E-state index contributed by atoms with van der Waals surface area (Å²) in [6.07, 6.45) is 11.7. The first kappa shape index (κ1) is 17.2. The average molecular weight is 354 g/mol. The molecule has 1 atom stereocenters. The van der Waals surface area contributed by atoms with Crippen LogP contribution in [0.2, 0.25) is 0 Å². The van der Waals surface area contributed by atoms with E-state index < -0.39 is 0 Å². The van der Waals surface area contributed by atoms with Crippen molar-refractivity contribution in [2.45, 2.75) is 25.8 Å². The fraction of sp³-hybridized carbons (Fsp3) is 0.476. The lowest BCUT2D eigenvalue weighted by Gasteiger charge is -2.34. The van der Waals surface area contributed by atoms with Crippen LogP contribution in [-0.2, 0) is 11.3 Å². The molecule has 0 aromatic heterocycles. The Morgan fingerprint density at radius 3 is 2.77 bits per heavy atom. The van der Waals surface area contributed by atoms with Gasteiger partial charge in [0.2, 0.25) is 12.7 Å². The Balaban J connectivity index is 1.25. The van der Waals surface area contributed by atoms with Gasteiger partial charge < -0.3 is 14.4 Å². The van der Waals surface area contributed by atoms with Crippen LogP contribution in [0, 0.1) is 5.92 Å². The van der Waals surface area contributed by atoms with Gasteiger partial charge in [-0.15, -0.1) is 0 Å². The molecule has 0 radical (unpaired) electrons. The van der Waals surface area contributed by atoms with E-state index in [4.69, 9.17) is 9.47 Å². The van der Waals surface area contributed by atoms with Gasteiger partial charge in [0.25, 0.3) is 0 Å². The van der Waals surface area contributed by atoms with Crippen molar-refractivity contribution in [2.75, 3.05) is 33.0 Å². The molecular formula is C21H26N2O3. The number of nitrogens with zero attached hydrogens (tertiary/aromatic N) is 2. The second-order valence-corrected chi connectivity index (χ2v) is 7.19. The van der Waals surface area contributed by atoms with E-state index in [-0.39, 0.29) is 5.91 Å². The van der Waals surface area contributed by atoms with Crippen LogP contribution in [0.3, 0.4) is 0 Å². The van der Waals surface area contributed by atoms with Gasteiger partial charge in [0.1, 0.15) is 0 Å². The predicted molar refractivity (Wildman–Crippen MR) is 100 cm³/mol. The minimum Gasteiger partial charge on any atom is -0.454 e. The quantitative estimate of drug-likeness (QED) is 0.616. The molecule has 138 valence electrons. The normalized spacial score (nSPS) is 22.9. The minimum absolute atomic E-state index is 0.155. The molecule has 26 heavy (non-hydrogen) atoms. The first-order chi connectivity index (χ1) is 12.8. The zero-order chi connectivity index (χ0) is 17.8. The number of hydrogen-bond acceptors (Lipinski definition) is 4. The van der Waals surface area contributed by atoms with Gasteiger partial charge in [0.05, 0.1) is 0 Å². The number of rotatable bonds is 4. The molecule has 0 spiro atoms. The smallest absolute Gasteiger partial charge is 0.246 e. The molecule has 0 N–H and O–H groups in total. The number of benzene rings is 1. The van der Waals surface area contributed by atoms with Crippen molar-refractivity contribution in [3.8, 4) is 11.5 Å². The van der Waals surface area contributed by atoms with E-state index in [1.165, 1.54) is 5.56 Å². The second-order valence-electron chi connectivity index (χ2n) is 7.19. The topological polar surface area (TPSA) is 42.0 Å². The Morgan fingerprint density at radius 1 is 1.12 bits per heavy atom. The van der Waals surface area contributed by atoms with Crippen molar-refractivity contribution in [2.24, 2.45) is 5.92 Å². The molecule has 5 nitrogen and oxygen atoms in total. The monoisotopic (exact) mass is 354 g/mol. The molecule has 1 aliphatic carbocycles. The van der Waals surface area contributed by atoms with Crippen LogP contribution in [0.5, 0.6) is 11.5 Å². The van der Waals surface area contributed by atoms with Gasteiger partial charge in [-0.1, -0.05) is 24.3 Å². The number of ether oxygens (including phenoxy) is 2. The highest BCUT2D eigenvalue weighted by Gasteiger charge is 2.21. The van der Waals surface area contributed by atoms with E-state index in [0.29, 0.717) is 12.7 Å². The van der Waals surface area contributed by atoms with Crippen molar-refractivity contribution in [1.29, 1.82) is 0 Å². The van der Waals surface area contributed by atoms with E-state index in [9.17, 15) is 4.79 Å². The van der Waals surface area contributed by atoms with Gasteiger partial charge in [-0.2, -0.15) is 0 Å². The Morgan fingerprint density at radius 2 is 1.96 bits per heavy atom. The van der Waals surface area contributed by atoms with Gasteiger partial charge in [0, 0.05) is 32.7 Å². The molecule has 1 saturated heterocycles. The number of fused-ring (bicyclic) bond motifs is 1. The van der Waals surface area contributed by atoms with Crippen LogP contribution in [0.4, 0.5) is 0 Å². The van der Waals surface area contributed by atoms with Crippen LogP contribution >= 0.6 is 0 Å². The summed E-state index contributed by atoms with van der Waals surface area (Å²) >= 11 is 0. The molecule has 2 heterocycles. The van der Waals surface area contributed by atoms with Gasteiger partial charge in [0.15, 0.2) is 11.5 Å². The highest BCUT2D eigenvalue weighted by Crippen LogP contribution is 2.32. The Kier molecular flexibility index (Phi) is 5.25. The third-order valence-corrected chi connectivity index (χ3v) is 5.35. The number of allylic oxidation sites excluding steroid dienone is 3. The zero-order valence-corrected chi connectivity index (χ0v) is 15.1. The first-order valence-corrected chi connectivity index (χ1v) is 9.51. The molecule has 1 aromatic rings. The van der Waals surface area contributed by atoms with Crippen LogP contribution in [0.15, 0.2) is 42.5 Å². The summed E-state index contributed by atoms with van der Waals surface area (Å²) in [6.45, 7) is 4.57. The summed E-state index contributed by atoms with van der Waals surface area (Å²) in [7, 11) is 0. The van der Waals surface area contributed by atoms with Gasteiger partial charge >= 0.3 is 0 Å². The number of carbonyl (C=O) groups is 1. The Hall–Kier alpha value is -2.27. The van der Waals surface area contributed by atoms with E-state index in [1.807, 2.05) is 11.0 Å².